The molecule has 0 radical (unpaired) electrons. The number of hydrogen-bond donors (Lipinski definition) is 0. The number of nitrogens with zero attached hydrogens (tertiary/aromatic N) is 2. The molecule has 6 heterocycles. The molecular weight excluding hydrogens is 1190 g/mol. The predicted octanol–water partition coefficient (Wildman–Crippen LogP) is 26.7. The van der Waals surface area contributed by atoms with E-state index in [1.165, 1.54) is 61.9 Å². The summed E-state index contributed by atoms with van der Waals surface area (Å²) in [5, 5.41) is 25.2. The molecule has 0 fully saturated rings. The predicted molar refractivity (Wildman–Crippen MR) is 398 cm³/mol. The van der Waals surface area contributed by atoms with E-state index in [0.717, 1.165) is 154 Å². The van der Waals surface area contributed by atoms with Gasteiger partial charge in [-0.25, -0.2) is 0 Å². The van der Waals surface area contributed by atoms with Gasteiger partial charge in [0.25, 0.3) is 0 Å². The zero-order chi connectivity index (χ0) is 61.0. The molecule has 22 rings (SSSR count). The summed E-state index contributed by atoms with van der Waals surface area (Å²) in [4.78, 5) is 4.68. The molecule has 0 saturated carbocycles. The third kappa shape index (κ3) is 7.18. The van der Waals surface area contributed by atoms with Crippen LogP contribution in [-0.2, 0) is 0 Å². The van der Waals surface area contributed by atoms with Crippen LogP contribution in [0.25, 0.3) is 182 Å². The summed E-state index contributed by atoms with van der Waals surface area (Å²) >= 11 is 3.68. The van der Waals surface area contributed by atoms with E-state index in [1.54, 1.807) is 0 Å². The van der Waals surface area contributed by atoms with Crippen LogP contribution in [0.2, 0.25) is 0 Å². The largest absolute Gasteiger partial charge is 0.455 e. The molecule has 94 heavy (non-hydrogen) atoms. The number of anilines is 6. The molecule has 16 aromatic carbocycles. The summed E-state index contributed by atoms with van der Waals surface area (Å²) in [6.45, 7) is 0. The molecule has 0 amide bonds. The smallest absolute Gasteiger partial charge is 0.143 e. The van der Waals surface area contributed by atoms with Crippen molar-refractivity contribution in [3.63, 3.8) is 0 Å². The number of hydrogen-bond acceptors (Lipinski definition) is 8. The lowest BCUT2D eigenvalue weighted by atomic mass is 10.0. The molecule has 0 aliphatic heterocycles. The van der Waals surface area contributed by atoms with E-state index in [-0.39, 0.29) is 0 Å². The van der Waals surface area contributed by atoms with Crippen molar-refractivity contribution in [1.82, 2.24) is 0 Å². The first-order valence-electron chi connectivity index (χ1n) is 31.7. The Hall–Kier alpha value is -11.9. The van der Waals surface area contributed by atoms with Crippen molar-refractivity contribution in [2.24, 2.45) is 0 Å². The molecule has 0 atom stereocenters. The SMILES string of the molecule is c1ccc2c(c1)ccc1c3ccc(N(c4ccc5c(c4)oc4c5ccc5c4ccc4c6ccc(N(c7ccc8c(c7)oc7c9ccccc9ccc87)c7ccc8c(c7)sc7ccc9ccccc9c78)cc6oc45)c4ccc5c(c4)sc4ccc6ccccc6c45)cc3oc21. The molecule has 0 spiro atoms. The Morgan fingerprint density at radius 2 is 0.447 bits per heavy atom. The van der Waals surface area contributed by atoms with Crippen molar-refractivity contribution in [2.75, 3.05) is 9.80 Å². The van der Waals surface area contributed by atoms with Crippen molar-refractivity contribution in [2.45, 2.75) is 0 Å². The fourth-order valence-corrected chi connectivity index (χ4v) is 17.9. The summed E-state index contributed by atoms with van der Waals surface area (Å²) in [5.41, 5.74) is 12.7. The molecule has 0 saturated heterocycles. The monoisotopic (exact) mass is 1230 g/mol. The molecule has 436 valence electrons. The van der Waals surface area contributed by atoms with E-state index >= 15 is 0 Å². The summed E-state index contributed by atoms with van der Waals surface area (Å²) < 4.78 is 33.0. The lowest BCUT2D eigenvalue weighted by Crippen LogP contribution is -2.09. The van der Waals surface area contributed by atoms with Crippen molar-refractivity contribution in [3.05, 3.63) is 279 Å². The number of fused-ring (bicyclic) bond motifs is 29. The maximum absolute atomic E-state index is 7.15. The summed E-state index contributed by atoms with van der Waals surface area (Å²) in [5.74, 6) is 0. The van der Waals surface area contributed by atoms with Gasteiger partial charge in [0.05, 0.1) is 0 Å². The van der Waals surface area contributed by atoms with E-state index in [1.807, 2.05) is 22.7 Å². The summed E-state index contributed by atoms with van der Waals surface area (Å²) in [7, 11) is 0. The summed E-state index contributed by atoms with van der Waals surface area (Å²) in [6, 6.07) is 101. The minimum absolute atomic E-state index is 0.793. The molecular formula is C86H46N2O4S2. The van der Waals surface area contributed by atoms with E-state index in [4.69, 9.17) is 17.7 Å². The van der Waals surface area contributed by atoms with Gasteiger partial charge in [-0.3, -0.25) is 0 Å². The summed E-state index contributed by atoms with van der Waals surface area (Å²) in [6.07, 6.45) is 0. The Morgan fingerprint density at radius 1 is 0.191 bits per heavy atom. The molecule has 8 heteroatoms. The first kappa shape index (κ1) is 50.8. The second-order valence-corrected chi connectivity index (χ2v) is 27.2. The molecule has 0 bridgehead atoms. The second-order valence-electron chi connectivity index (χ2n) is 25.0. The topological polar surface area (TPSA) is 59.0 Å². The van der Waals surface area contributed by atoms with Gasteiger partial charge in [-0.15, -0.1) is 22.7 Å². The van der Waals surface area contributed by atoms with E-state index in [2.05, 4.69) is 289 Å². The zero-order valence-corrected chi connectivity index (χ0v) is 51.5. The van der Waals surface area contributed by atoms with Crippen LogP contribution in [0.4, 0.5) is 34.1 Å². The fourth-order valence-electron chi connectivity index (χ4n) is 15.6. The highest BCUT2D eigenvalue weighted by atomic mass is 32.1. The molecule has 0 aliphatic rings. The van der Waals surface area contributed by atoms with Gasteiger partial charge in [-0.2, -0.15) is 0 Å². The van der Waals surface area contributed by atoms with Gasteiger partial charge in [0, 0.05) is 163 Å². The molecule has 0 N–H and O–H groups in total. The molecule has 0 aliphatic carbocycles. The van der Waals surface area contributed by atoms with E-state index < -0.39 is 0 Å². The van der Waals surface area contributed by atoms with E-state index in [0.29, 0.717) is 0 Å². The highest BCUT2D eigenvalue weighted by Gasteiger charge is 2.24. The van der Waals surface area contributed by atoms with Gasteiger partial charge in [0.1, 0.15) is 44.7 Å². The van der Waals surface area contributed by atoms with Crippen LogP contribution in [-0.4, -0.2) is 0 Å². The Kier molecular flexibility index (Phi) is 10.2. The average Bonchev–Trinajstić information content (AvgIpc) is 1.58. The van der Waals surface area contributed by atoms with Crippen LogP contribution in [0.15, 0.2) is 297 Å². The van der Waals surface area contributed by atoms with E-state index in [9.17, 15) is 0 Å². The first-order chi connectivity index (χ1) is 46.5. The van der Waals surface area contributed by atoms with Gasteiger partial charge in [0.15, 0.2) is 0 Å². The third-order valence-corrected chi connectivity index (χ3v) is 22.2. The number of furan rings is 4. The Bertz CT molecular complexity index is 6650. The highest BCUT2D eigenvalue weighted by molar-refractivity contribution is 7.26. The zero-order valence-electron chi connectivity index (χ0n) is 49.9. The van der Waals surface area contributed by atoms with Gasteiger partial charge in [-0.05, 0) is 154 Å². The Balaban J connectivity index is 0.686. The lowest BCUT2D eigenvalue weighted by Gasteiger charge is -2.25. The van der Waals surface area contributed by atoms with Gasteiger partial charge in [0.2, 0.25) is 0 Å². The minimum atomic E-state index is 0.793. The van der Waals surface area contributed by atoms with Crippen molar-refractivity contribution < 1.29 is 17.7 Å². The van der Waals surface area contributed by atoms with Crippen molar-refractivity contribution >= 4 is 239 Å². The Labute approximate surface area is 541 Å². The Morgan fingerprint density at radius 3 is 0.809 bits per heavy atom. The van der Waals surface area contributed by atoms with Gasteiger partial charge in [-0.1, -0.05) is 133 Å². The van der Waals surface area contributed by atoms with Crippen LogP contribution in [0.1, 0.15) is 0 Å². The van der Waals surface area contributed by atoms with Gasteiger partial charge < -0.3 is 27.5 Å². The van der Waals surface area contributed by atoms with Crippen LogP contribution >= 0.6 is 22.7 Å². The van der Waals surface area contributed by atoms with Crippen LogP contribution in [0, 0.1) is 0 Å². The quantitative estimate of drug-likeness (QED) is 0.165. The van der Waals surface area contributed by atoms with Crippen LogP contribution in [0.5, 0.6) is 0 Å². The molecule has 6 nitrogen and oxygen atoms in total. The maximum atomic E-state index is 7.15. The molecule has 0 unspecified atom stereocenters. The second kappa shape index (κ2) is 18.8. The van der Waals surface area contributed by atoms with Crippen molar-refractivity contribution in [3.8, 4) is 0 Å². The first-order valence-corrected chi connectivity index (χ1v) is 33.4. The average molecular weight is 1240 g/mol. The fraction of sp³-hybridized carbons (Fsp3) is 0. The normalized spacial score (nSPS) is 12.5. The number of thiophene rings is 2. The number of benzene rings is 16. The maximum Gasteiger partial charge on any atom is 0.143 e. The van der Waals surface area contributed by atoms with Crippen LogP contribution < -0.4 is 9.80 Å². The standard InChI is InChI=1S/C86H46N2O4S2/c1-5-13-57-47(9-1)19-39-77-81(57)71-33-25-55(45-79(71)93-77)87(51-21-29-61-65-27-17-49-11-3-7-15-59(49)83(65)89-73(61)41-51)53-23-31-63-67-35-37-70-69(85(67)91-75(63)43-53)38-36-68-64-32-24-54(44-76(64)92-86(68)70)88(52-22-30-62-66-28-18-50-12-4-8-16-60(50)84(66)90-74(62)42-52)56-26-34-72-80(46-56)94-78-40-20-48-10-2-6-14-58(48)82(72)78/h1-46H. The van der Waals surface area contributed by atoms with Crippen molar-refractivity contribution in [1.29, 1.82) is 0 Å². The highest BCUT2D eigenvalue weighted by Crippen LogP contribution is 2.50. The van der Waals surface area contributed by atoms with Crippen LogP contribution in [0.3, 0.4) is 0 Å². The molecule has 6 aromatic heterocycles. The molecule has 22 aromatic rings. The minimum Gasteiger partial charge on any atom is -0.455 e. The van der Waals surface area contributed by atoms with Gasteiger partial charge >= 0.3 is 0 Å². The third-order valence-electron chi connectivity index (χ3n) is 20.0. The lowest BCUT2D eigenvalue weighted by molar-refractivity contribution is 0.669. The number of rotatable bonds is 6.